The number of nitrogens with zero attached hydrogens (tertiary/aromatic N) is 4. The number of aliphatic imine (C=N–C) groups is 1. The van der Waals surface area contributed by atoms with Gasteiger partial charge in [-0.1, -0.05) is 25.4 Å². The maximum Gasteiger partial charge on any atom is 0.191 e. The number of aromatic nitrogens is 2. The van der Waals surface area contributed by atoms with Gasteiger partial charge in [-0.2, -0.15) is 0 Å². The third kappa shape index (κ3) is 5.92. The Kier molecular flexibility index (Phi) is 8.56. The number of anilines is 1. The summed E-state index contributed by atoms with van der Waals surface area (Å²) in [4.78, 5) is 15.6. The molecule has 0 aromatic carbocycles. The quantitative estimate of drug-likeness (QED) is 0.356. The van der Waals surface area contributed by atoms with E-state index in [1.807, 2.05) is 12.1 Å². The first-order chi connectivity index (χ1) is 12.6. The van der Waals surface area contributed by atoms with E-state index < -0.39 is 0 Å². The number of guanidine groups is 1. The van der Waals surface area contributed by atoms with E-state index in [1.54, 1.807) is 24.6 Å². The molecule has 3 heterocycles. The number of hydrogen-bond acceptors (Lipinski definition) is 5. The zero-order valence-electron chi connectivity index (χ0n) is 15.8. The lowest BCUT2D eigenvalue weighted by molar-refractivity contribution is 0.646. The molecule has 0 amide bonds. The zero-order chi connectivity index (χ0) is 18.5. The van der Waals surface area contributed by atoms with Gasteiger partial charge in [-0.05, 0) is 18.6 Å². The number of hydrogen-bond donors (Lipinski definition) is 2. The summed E-state index contributed by atoms with van der Waals surface area (Å²) in [6.07, 6.45) is 2.80. The molecule has 0 saturated carbocycles. The Morgan fingerprint density at radius 3 is 2.96 bits per heavy atom. The molecule has 1 aliphatic rings. The minimum Gasteiger partial charge on any atom is -0.353 e. The van der Waals surface area contributed by atoms with Gasteiger partial charge in [0.15, 0.2) is 5.96 Å². The van der Waals surface area contributed by atoms with Gasteiger partial charge in [0, 0.05) is 43.7 Å². The zero-order valence-corrected chi connectivity index (χ0v) is 19.7. The second kappa shape index (κ2) is 10.4. The highest BCUT2D eigenvalue weighted by Gasteiger charge is 2.25. The van der Waals surface area contributed by atoms with Crippen LogP contribution in [0.1, 0.15) is 36.9 Å². The van der Waals surface area contributed by atoms with Crippen molar-refractivity contribution in [3.05, 3.63) is 39.4 Å². The first kappa shape index (κ1) is 22.2. The largest absolute Gasteiger partial charge is 0.353 e. The Morgan fingerprint density at radius 1 is 1.48 bits per heavy atom. The predicted molar refractivity (Wildman–Crippen MR) is 125 cm³/mol. The van der Waals surface area contributed by atoms with Crippen molar-refractivity contribution in [2.45, 2.75) is 38.8 Å². The van der Waals surface area contributed by atoms with Crippen LogP contribution in [0.25, 0.3) is 0 Å². The molecule has 0 radical (unpaired) electrons. The molecule has 2 aromatic heterocycles. The monoisotopic (exact) mass is 520 g/mol. The number of nitrogens with one attached hydrogen (secondary N) is 2. The average Bonchev–Trinajstić information content (AvgIpc) is 3.28. The minimum atomic E-state index is 0. The van der Waals surface area contributed by atoms with Crippen molar-refractivity contribution in [3.63, 3.8) is 0 Å². The van der Waals surface area contributed by atoms with E-state index in [-0.39, 0.29) is 24.0 Å². The smallest absolute Gasteiger partial charge is 0.191 e. The van der Waals surface area contributed by atoms with Crippen molar-refractivity contribution in [1.82, 2.24) is 20.6 Å². The summed E-state index contributed by atoms with van der Waals surface area (Å²) in [6.45, 7) is 6.78. The molecule has 1 aliphatic heterocycles. The summed E-state index contributed by atoms with van der Waals surface area (Å²) in [7, 11) is 1.79. The van der Waals surface area contributed by atoms with Crippen molar-refractivity contribution < 1.29 is 0 Å². The van der Waals surface area contributed by atoms with E-state index in [9.17, 15) is 0 Å². The van der Waals surface area contributed by atoms with Gasteiger partial charge in [-0.15, -0.1) is 35.3 Å². The third-order valence-electron chi connectivity index (χ3n) is 4.29. The summed E-state index contributed by atoms with van der Waals surface area (Å²) in [6, 6.07) is 4.04. The van der Waals surface area contributed by atoms with Crippen LogP contribution in [0.2, 0.25) is 5.02 Å². The number of rotatable bonds is 5. The predicted octanol–water partition coefficient (Wildman–Crippen LogP) is 3.88. The summed E-state index contributed by atoms with van der Waals surface area (Å²) < 4.78 is 0. The van der Waals surface area contributed by atoms with E-state index in [0.29, 0.717) is 23.5 Å². The lowest BCUT2D eigenvalue weighted by Crippen LogP contribution is -2.44. The van der Waals surface area contributed by atoms with Crippen molar-refractivity contribution in [2.75, 3.05) is 25.0 Å². The summed E-state index contributed by atoms with van der Waals surface area (Å²) in [5.74, 6) is 2.11. The molecule has 1 atom stereocenters. The highest BCUT2D eigenvalue weighted by atomic mass is 127. The lowest BCUT2D eigenvalue weighted by atomic mass is 10.2. The fourth-order valence-corrected chi connectivity index (χ4v) is 3.99. The maximum atomic E-state index is 6.26. The van der Waals surface area contributed by atoms with Crippen LogP contribution in [-0.4, -0.2) is 42.1 Å². The van der Waals surface area contributed by atoms with E-state index in [1.165, 1.54) is 5.01 Å². The molecule has 0 aliphatic carbocycles. The highest BCUT2D eigenvalue weighted by molar-refractivity contribution is 14.0. The van der Waals surface area contributed by atoms with Crippen molar-refractivity contribution in [2.24, 2.45) is 4.99 Å². The number of pyridine rings is 1. The van der Waals surface area contributed by atoms with E-state index in [4.69, 9.17) is 11.6 Å². The SMILES string of the molecule is CN=C(NCc1csc(C(C)C)n1)NC1CCN(c2ncccc2Cl)C1.I. The lowest BCUT2D eigenvalue weighted by Gasteiger charge is -2.20. The molecule has 9 heteroatoms. The van der Waals surface area contributed by atoms with Crippen LogP contribution in [0.5, 0.6) is 0 Å². The fraction of sp³-hybridized carbons (Fsp3) is 0.500. The Hall–Kier alpha value is -1.13. The Balaban J connectivity index is 0.00000261. The molecule has 0 bridgehead atoms. The van der Waals surface area contributed by atoms with E-state index >= 15 is 0 Å². The van der Waals surface area contributed by atoms with Gasteiger partial charge in [0.2, 0.25) is 0 Å². The first-order valence-corrected chi connectivity index (χ1v) is 10.1. The van der Waals surface area contributed by atoms with Crippen LogP contribution in [0, 0.1) is 0 Å². The molecule has 3 rings (SSSR count). The Morgan fingerprint density at radius 2 is 2.30 bits per heavy atom. The van der Waals surface area contributed by atoms with Gasteiger partial charge < -0.3 is 15.5 Å². The topological polar surface area (TPSA) is 65.4 Å². The molecule has 6 nitrogen and oxygen atoms in total. The number of halogens is 2. The number of thiazole rings is 1. The van der Waals surface area contributed by atoms with Crippen molar-refractivity contribution >= 4 is 58.7 Å². The van der Waals surface area contributed by atoms with Gasteiger partial charge in [-0.25, -0.2) is 9.97 Å². The maximum absolute atomic E-state index is 6.26. The normalized spacial score (nSPS) is 17.1. The van der Waals surface area contributed by atoms with Crippen LogP contribution < -0.4 is 15.5 Å². The van der Waals surface area contributed by atoms with Crippen molar-refractivity contribution in [1.29, 1.82) is 0 Å². The molecular formula is C18H26ClIN6S. The van der Waals surface area contributed by atoms with Gasteiger partial charge >= 0.3 is 0 Å². The van der Waals surface area contributed by atoms with Crippen molar-refractivity contribution in [3.8, 4) is 0 Å². The van der Waals surface area contributed by atoms with Gasteiger partial charge in [0.05, 0.1) is 22.3 Å². The molecular weight excluding hydrogens is 495 g/mol. The Labute approximate surface area is 186 Å². The van der Waals surface area contributed by atoms with E-state index in [0.717, 1.165) is 37.0 Å². The second-order valence-corrected chi connectivity index (χ2v) is 7.94. The van der Waals surface area contributed by atoms with Crippen LogP contribution in [0.3, 0.4) is 0 Å². The molecule has 27 heavy (non-hydrogen) atoms. The van der Waals surface area contributed by atoms with Gasteiger partial charge in [-0.3, -0.25) is 4.99 Å². The molecule has 1 fully saturated rings. The van der Waals surface area contributed by atoms with Gasteiger partial charge in [0.25, 0.3) is 0 Å². The van der Waals surface area contributed by atoms with Crippen LogP contribution in [0.15, 0.2) is 28.7 Å². The average molecular weight is 521 g/mol. The molecule has 1 saturated heterocycles. The first-order valence-electron chi connectivity index (χ1n) is 8.83. The van der Waals surface area contributed by atoms with Gasteiger partial charge in [0.1, 0.15) is 5.82 Å². The standard InChI is InChI=1S/C18H25ClN6S.HI/c1-12(2)17-23-14(11-26-17)9-22-18(20-3)24-13-6-8-25(10-13)16-15(19)5-4-7-21-16;/h4-5,7,11-13H,6,8-10H2,1-3H3,(H2,20,22,24);1H. The summed E-state index contributed by atoms with van der Waals surface area (Å²) in [5, 5.41) is 10.8. The van der Waals surface area contributed by atoms with Crippen LogP contribution >= 0.6 is 46.9 Å². The molecule has 0 spiro atoms. The third-order valence-corrected chi connectivity index (χ3v) is 5.78. The molecule has 2 aromatic rings. The summed E-state index contributed by atoms with van der Waals surface area (Å²) >= 11 is 7.97. The fourth-order valence-electron chi connectivity index (χ4n) is 2.91. The summed E-state index contributed by atoms with van der Waals surface area (Å²) in [5.41, 5.74) is 1.05. The van der Waals surface area contributed by atoms with E-state index in [2.05, 4.69) is 49.7 Å². The minimum absolute atomic E-state index is 0. The van der Waals surface area contributed by atoms with Crippen LogP contribution in [0.4, 0.5) is 5.82 Å². The molecule has 148 valence electrons. The Bertz CT molecular complexity index is 766. The second-order valence-electron chi connectivity index (χ2n) is 6.64. The molecule has 2 N–H and O–H groups in total. The van der Waals surface area contributed by atoms with Crippen LogP contribution in [-0.2, 0) is 6.54 Å². The molecule has 1 unspecified atom stereocenters. The highest BCUT2D eigenvalue weighted by Crippen LogP contribution is 2.25.